The van der Waals surface area contributed by atoms with Gasteiger partial charge in [0.1, 0.15) is 0 Å². The molecule has 0 atom stereocenters. The quantitative estimate of drug-likeness (QED) is 0.398. The summed E-state index contributed by atoms with van der Waals surface area (Å²) in [6.45, 7) is 0. The Labute approximate surface area is 69.8 Å². The van der Waals surface area contributed by atoms with Crippen LogP contribution in [0.2, 0.25) is 5.32 Å². The summed E-state index contributed by atoms with van der Waals surface area (Å²) in [6.07, 6.45) is 0.256. The van der Waals surface area contributed by atoms with E-state index in [0.717, 1.165) is 0 Å². The summed E-state index contributed by atoms with van der Waals surface area (Å²) in [4.78, 5) is 9.92. The molecule has 0 aromatic rings. The zero-order valence-electron chi connectivity index (χ0n) is 5.56. The van der Waals surface area contributed by atoms with Crippen LogP contribution in [-0.2, 0) is 13.3 Å². The van der Waals surface area contributed by atoms with Crippen LogP contribution < -0.4 is 0 Å². The Bertz CT molecular complexity index is 221. The van der Waals surface area contributed by atoms with E-state index in [9.17, 15) is 13.2 Å². The third-order valence-corrected chi connectivity index (χ3v) is 4.76. The van der Waals surface area contributed by atoms with Gasteiger partial charge in [-0.15, -0.1) is 0 Å². The summed E-state index contributed by atoms with van der Waals surface area (Å²) in [7, 11) is -3.85. The van der Waals surface area contributed by atoms with Crippen LogP contribution in [0.25, 0.3) is 0 Å². The van der Waals surface area contributed by atoms with E-state index >= 15 is 0 Å². The zero-order chi connectivity index (χ0) is 8.91. The first-order valence-electron chi connectivity index (χ1n) is 2.75. The molecule has 0 aromatic heterocycles. The molecule has 0 bridgehead atoms. The molecule has 0 saturated carbocycles. The van der Waals surface area contributed by atoms with Crippen LogP contribution in [0.15, 0.2) is 0 Å². The van der Waals surface area contributed by atoms with Gasteiger partial charge in [-0.25, -0.2) is 0 Å². The Morgan fingerprint density at radius 2 is 2.00 bits per heavy atom. The molecule has 0 aromatic carbocycles. The van der Waals surface area contributed by atoms with E-state index in [1.54, 1.807) is 0 Å². The van der Waals surface area contributed by atoms with E-state index < -0.39 is 28.3 Å². The predicted octanol–water partition coefficient (Wildman–Crippen LogP) is -0.223. The zero-order valence-corrected chi connectivity index (χ0v) is 8.09. The molecule has 0 rings (SSSR count). The molecule has 66 valence electrons. The normalized spacial score (nSPS) is 11.4. The molecule has 0 amide bonds. The van der Waals surface area contributed by atoms with Crippen molar-refractivity contribution in [2.75, 3.05) is 0 Å². The Hall–Kier alpha value is -0.101. The number of hydrogen-bond acceptors (Lipinski definition) is 3. The second kappa shape index (κ2) is 4.71. The first-order valence-corrected chi connectivity index (χ1v) is 7.43. The van der Waals surface area contributed by atoms with E-state index in [4.69, 9.17) is 9.66 Å². The fraction of sp³-hybridized carbons (Fsp3) is 0.750. The molecule has 0 spiro atoms. The van der Waals surface area contributed by atoms with Crippen molar-refractivity contribution in [3.63, 3.8) is 0 Å². The first-order chi connectivity index (χ1) is 4.92. The summed E-state index contributed by atoms with van der Waals surface area (Å²) in [6, 6.07) is 0. The summed E-state index contributed by atoms with van der Waals surface area (Å²) in [5.41, 5.74) is 0. The minimum atomic E-state index is -3.85. The van der Waals surface area contributed by atoms with Gasteiger partial charge in [-0.1, -0.05) is 0 Å². The maximum absolute atomic E-state index is 10.1. The van der Waals surface area contributed by atoms with Gasteiger partial charge in [0.2, 0.25) is 0 Å². The fourth-order valence-corrected chi connectivity index (χ4v) is 3.09. The van der Waals surface area contributed by atoms with Crippen molar-refractivity contribution >= 4 is 28.3 Å². The van der Waals surface area contributed by atoms with Gasteiger partial charge in [0.15, 0.2) is 0 Å². The average molecular weight is 247 g/mol. The Kier molecular flexibility index (Phi) is 4.67. The Morgan fingerprint density at radius 1 is 1.45 bits per heavy atom. The van der Waals surface area contributed by atoms with Gasteiger partial charge in [-0.3, -0.25) is 0 Å². The van der Waals surface area contributed by atoms with Crippen LogP contribution in [-0.4, -0.2) is 37.9 Å². The number of carboxylic acids is 1. The molecule has 0 aliphatic carbocycles. The Balaban J connectivity index is 3.37. The van der Waals surface area contributed by atoms with Gasteiger partial charge in [0.05, 0.1) is 0 Å². The fourth-order valence-electron chi connectivity index (χ4n) is 0.388. The van der Waals surface area contributed by atoms with Crippen molar-refractivity contribution in [2.24, 2.45) is 0 Å². The number of carboxylic acid groups (broad SMARTS) is 1. The van der Waals surface area contributed by atoms with Crippen LogP contribution in [0.4, 0.5) is 0 Å². The number of hydrogen-bond donors (Lipinski definition) is 2. The molecule has 7 heteroatoms. The van der Waals surface area contributed by atoms with E-state index in [1.165, 1.54) is 0 Å². The number of carbonyl (C=O) groups is 1. The number of rotatable bonds is 5. The van der Waals surface area contributed by atoms with Crippen LogP contribution in [0, 0.1) is 0 Å². The molecule has 11 heavy (non-hydrogen) atoms. The molecule has 0 radical (unpaired) electrons. The first kappa shape index (κ1) is 10.9. The van der Waals surface area contributed by atoms with Crippen molar-refractivity contribution in [2.45, 2.75) is 18.2 Å². The van der Waals surface area contributed by atoms with Crippen molar-refractivity contribution in [3.8, 4) is 0 Å². The van der Waals surface area contributed by atoms with Gasteiger partial charge < -0.3 is 0 Å². The Morgan fingerprint density at radius 3 is 2.36 bits per heavy atom. The molecule has 5 nitrogen and oxygen atoms in total. The summed E-state index contributed by atoms with van der Waals surface area (Å²) in [5.74, 6) is -0.948. The molecular weight excluding hydrogens is 239 g/mol. The molecule has 0 heterocycles. The standard InChI is InChI=1S/C4H8O5SSe/c5-4(6)2-1-3-11-10(7,8)9/h1-3H2,(H,5,6)(H,7,8,9). The SMILES string of the molecule is O=C(O)CCC[Se]S(=O)(=O)O. The van der Waals surface area contributed by atoms with Crippen LogP contribution in [0.3, 0.4) is 0 Å². The van der Waals surface area contributed by atoms with Crippen LogP contribution in [0.5, 0.6) is 0 Å². The van der Waals surface area contributed by atoms with E-state index in [2.05, 4.69) is 0 Å². The second-order valence-electron chi connectivity index (χ2n) is 1.75. The van der Waals surface area contributed by atoms with Crippen molar-refractivity contribution in [3.05, 3.63) is 0 Å². The molecule has 0 unspecified atom stereocenters. The molecular formula is C4H8O5SSe. The molecule has 2 N–H and O–H groups in total. The topological polar surface area (TPSA) is 91.7 Å². The van der Waals surface area contributed by atoms with Crippen molar-refractivity contribution < 1.29 is 22.9 Å². The van der Waals surface area contributed by atoms with Gasteiger partial charge in [0.25, 0.3) is 0 Å². The van der Waals surface area contributed by atoms with Crippen molar-refractivity contribution in [1.82, 2.24) is 0 Å². The molecule has 0 aliphatic rings. The minimum absolute atomic E-state index is 0.0444. The van der Waals surface area contributed by atoms with E-state index in [0.29, 0.717) is 6.42 Å². The van der Waals surface area contributed by atoms with E-state index in [-0.39, 0.29) is 11.7 Å². The van der Waals surface area contributed by atoms with Crippen LogP contribution in [0.1, 0.15) is 12.8 Å². The van der Waals surface area contributed by atoms with Crippen molar-refractivity contribution in [1.29, 1.82) is 0 Å². The van der Waals surface area contributed by atoms with E-state index in [1.807, 2.05) is 0 Å². The second-order valence-corrected chi connectivity index (χ2v) is 7.83. The van der Waals surface area contributed by atoms with Crippen LogP contribution >= 0.6 is 0 Å². The summed E-state index contributed by atoms with van der Waals surface area (Å²) < 4.78 is 28.5. The molecule has 0 aliphatic heterocycles. The summed E-state index contributed by atoms with van der Waals surface area (Å²) in [5, 5.41) is 8.39. The monoisotopic (exact) mass is 248 g/mol. The van der Waals surface area contributed by atoms with Gasteiger partial charge in [-0.05, 0) is 0 Å². The number of aliphatic carboxylic acids is 1. The van der Waals surface area contributed by atoms with Gasteiger partial charge >= 0.3 is 69.4 Å². The third kappa shape index (κ3) is 9.90. The van der Waals surface area contributed by atoms with Gasteiger partial charge in [-0.2, -0.15) is 0 Å². The molecule has 0 saturated heterocycles. The maximum atomic E-state index is 10.1. The average Bonchev–Trinajstić information content (AvgIpc) is 1.78. The third-order valence-electron chi connectivity index (χ3n) is 0.767. The predicted molar refractivity (Wildman–Crippen MR) is 39.0 cm³/mol. The molecule has 0 fully saturated rings. The van der Waals surface area contributed by atoms with Gasteiger partial charge in [0, 0.05) is 0 Å². The summed E-state index contributed by atoms with van der Waals surface area (Å²) >= 11 is -0.886.